The second kappa shape index (κ2) is 9.50. The third kappa shape index (κ3) is 5.19. The van der Waals surface area contributed by atoms with E-state index in [1.807, 2.05) is 55.5 Å². The lowest BCUT2D eigenvalue weighted by atomic mass is 10.00. The van der Waals surface area contributed by atoms with Gasteiger partial charge in [-0.25, -0.2) is 0 Å². The van der Waals surface area contributed by atoms with Crippen LogP contribution in [0, 0.1) is 22.7 Å². The van der Waals surface area contributed by atoms with E-state index in [2.05, 4.69) is 11.1 Å². The van der Waals surface area contributed by atoms with E-state index in [1.54, 1.807) is 24.5 Å². The van der Waals surface area contributed by atoms with Crippen LogP contribution in [0.1, 0.15) is 30.0 Å². The van der Waals surface area contributed by atoms with Crippen molar-refractivity contribution in [1.82, 2.24) is 4.98 Å². The molecule has 3 aromatic rings. The summed E-state index contributed by atoms with van der Waals surface area (Å²) in [4.78, 5) is 4.08. The first-order valence-electron chi connectivity index (χ1n) is 9.39. The zero-order valence-electron chi connectivity index (χ0n) is 16.1. The number of rotatable bonds is 7. The van der Waals surface area contributed by atoms with E-state index in [1.165, 1.54) is 0 Å². The highest BCUT2D eigenvalue weighted by Crippen LogP contribution is 2.25. The fourth-order valence-electron chi connectivity index (χ4n) is 3.03. The molecule has 5 nitrogen and oxygen atoms in total. The summed E-state index contributed by atoms with van der Waals surface area (Å²) in [5.74, 6) is 0.663. The van der Waals surface area contributed by atoms with Gasteiger partial charge in [-0.15, -0.1) is 0 Å². The minimum absolute atomic E-state index is 0.349. The van der Waals surface area contributed by atoms with E-state index in [0.29, 0.717) is 23.3 Å². The second-order valence-corrected chi connectivity index (χ2v) is 6.80. The fourth-order valence-corrected chi connectivity index (χ4v) is 3.03. The van der Waals surface area contributed by atoms with Crippen LogP contribution in [0.3, 0.4) is 0 Å². The molecule has 0 saturated heterocycles. The highest BCUT2D eigenvalue weighted by atomic mass is 16.5. The topological polar surface area (TPSA) is 89.9 Å². The Kier molecular flexibility index (Phi) is 6.58. The predicted octanol–water partition coefficient (Wildman–Crippen LogP) is 4.25. The van der Waals surface area contributed by atoms with Crippen molar-refractivity contribution >= 4 is 0 Å². The van der Waals surface area contributed by atoms with Gasteiger partial charge in [0, 0.05) is 12.4 Å². The van der Waals surface area contributed by atoms with Crippen molar-refractivity contribution in [3.8, 4) is 29.0 Å². The third-order valence-electron chi connectivity index (χ3n) is 4.76. The van der Waals surface area contributed by atoms with Crippen LogP contribution in [0.2, 0.25) is 0 Å². The van der Waals surface area contributed by atoms with Gasteiger partial charge >= 0.3 is 0 Å². The molecule has 0 amide bonds. The first kappa shape index (κ1) is 20.1. The summed E-state index contributed by atoms with van der Waals surface area (Å²) in [6.45, 7) is 1.85. The first-order valence-corrected chi connectivity index (χ1v) is 9.39. The van der Waals surface area contributed by atoms with Gasteiger partial charge < -0.3 is 9.84 Å². The molecule has 3 rings (SSSR count). The summed E-state index contributed by atoms with van der Waals surface area (Å²) in [6, 6.07) is 20.6. The Balaban J connectivity index is 1.61. The molecule has 5 heteroatoms. The Morgan fingerprint density at radius 3 is 2.38 bits per heavy atom. The molecule has 0 aliphatic rings. The van der Waals surface area contributed by atoms with Crippen LogP contribution in [0.4, 0.5) is 0 Å². The van der Waals surface area contributed by atoms with Gasteiger partial charge in [0.05, 0.1) is 17.2 Å². The maximum absolute atomic E-state index is 10.4. The van der Waals surface area contributed by atoms with E-state index in [4.69, 9.17) is 10.00 Å². The SMILES string of the molecule is CC(Oc1ccc(-c2ccc(C#N)c(C#N)c2)cc1)C(O)CCc1cccnc1. The minimum atomic E-state index is -0.591. The van der Waals surface area contributed by atoms with Crippen LogP contribution in [0.25, 0.3) is 11.1 Å². The number of benzene rings is 2. The Morgan fingerprint density at radius 1 is 1.00 bits per heavy atom. The molecule has 0 bridgehead atoms. The molecular formula is C24H21N3O2. The Hall–Kier alpha value is -3.67. The normalized spacial score (nSPS) is 12.4. The molecule has 1 N–H and O–H groups in total. The maximum atomic E-state index is 10.4. The van der Waals surface area contributed by atoms with Crippen LogP contribution in [0.5, 0.6) is 5.75 Å². The van der Waals surface area contributed by atoms with Crippen LogP contribution in [-0.2, 0) is 6.42 Å². The largest absolute Gasteiger partial charge is 0.488 e. The molecule has 1 heterocycles. The van der Waals surface area contributed by atoms with E-state index in [-0.39, 0.29) is 6.10 Å². The number of aliphatic hydroxyl groups excluding tert-OH is 1. The van der Waals surface area contributed by atoms with Gasteiger partial charge in [0.25, 0.3) is 0 Å². The van der Waals surface area contributed by atoms with E-state index >= 15 is 0 Å². The van der Waals surface area contributed by atoms with Gasteiger partial charge in [0.15, 0.2) is 0 Å². The number of hydrogen-bond acceptors (Lipinski definition) is 5. The molecule has 144 valence electrons. The molecule has 0 fully saturated rings. The van der Waals surface area contributed by atoms with Gasteiger partial charge in [-0.2, -0.15) is 10.5 Å². The summed E-state index contributed by atoms with van der Waals surface area (Å²) in [6.07, 6.45) is 3.92. The second-order valence-electron chi connectivity index (χ2n) is 6.80. The van der Waals surface area contributed by atoms with Crippen molar-refractivity contribution < 1.29 is 9.84 Å². The molecule has 1 aromatic heterocycles. The molecule has 0 saturated carbocycles. The highest BCUT2D eigenvalue weighted by Gasteiger charge is 2.16. The number of aliphatic hydroxyl groups is 1. The van der Waals surface area contributed by atoms with E-state index in [9.17, 15) is 10.4 Å². The zero-order valence-corrected chi connectivity index (χ0v) is 16.1. The smallest absolute Gasteiger partial charge is 0.122 e. The number of aromatic nitrogens is 1. The van der Waals surface area contributed by atoms with Gasteiger partial charge in [0.2, 0.25) is 0 Å². The minimum Gasteiger partial charge on any atom is -0.488 e. The van der Waals surface area contributed by atoms with Crippen LogP contribution >= 0.6 is 0 Å². The summed E-state index contributed by atoms with van der Waals surface area (Å²) >= 11 is 0. The number of pyridine rings is 1. The average molecular weight is 383 g/mol. The molecule has 0 spiro atoms. The lowest BCUT2D eigenvalue weighted by Crippen LogP contribution is -2.29. The van der Waals surface area contributed by atoms with Crippen molar-refractivity contribution in [2.75, 3.05) is 0 Å². The summed E-state index contributed by atoms with van der Waals surface area (Å²) in [7, 11) is 0. The Bertz CT molecular complexity index is 1030. The number of hydrogen-bond donors (Lipinski definition) is 1. The van der Waals surface area contributed by atoms with Crippen molar-refractivity contribution in [3.05, 3.63) is 83.7 Å². The molecular weight excluding hydrogens is 362 g/mol. The van der Waals surface area contributed by atoms with Gasteiger partial charge in [0.1, 0.15) is 24.0 Å². The lowest BCUT2D eigenvalue weighted by molar-refractivity contribution is 0.0420. The quantitative estimate of drug-likeness (QED) is 0.659. The zero-order chi connectivity index (χ0) is 20.6. The highest BCUT2D eigenvalue weighted by molar-refractivity contribution is 5.67. The summed E-state index contributed by atoms with van der Waals surface area (Å²) < 4.78 is 5.88. The molecule has 29 heavy (non-hydrogen) atoms. The molecule has 0 aliphatic heterocycles. The van der Waals surface area contributed by atoms with E-state index in [0.717, 1.165) is 23.1 Å². The maximum Gasteiger partial charge on any atom is 0.122 e. The first-order chi connectivity index (χ1) is 14.1. The average Bonchev–Trinajstić information content (AvgIpc) is 2.78. The molecule has 2 aromatic carbocycles. The summed E-state index contributed by atoms with van der Waals surface area (Å²) in [5, 5.41) is 28.6. The van der Waals surface area contributed by atoms with Gasteiger partial charge in [-0.3, -0.25) is 4.98 Å². The Labute approximate surface area is 170 Å². The van der Waals surface area contributed by atoms with Gasteiger partial charge in [-0.05, 0) is 66.8 Å². The third-order valence-corrected chi connectivity index (χ3v) is 4.76. The molecule has 2 atom stereocenters. The number of aryl methyl sites for hydroxylation is 1. The number of ether oxygens (including phenoxy) is 1. The lowest BCUT2D eigenvalue weighted by Gasteiger charge is -2.20. The van der Waals surface area contributed by atoms with Gasteiger partial charge in [-0.1, -0.05) is 24.3 Å². The van der Waals surface area contributed by atoms with Crippen LogP contribution in [0.15, 0.2) is 67.0 Å². The fraction of sp³-hybridized carbons (Fsp3) is 0.208. The molecule has 2 unspecified atom stereocenters. The van der Waals surface area contributed by atoms with E-state index < -0.39 is 6.10 Å². The molecule has 0 radical (unpaired) electrons. The molecule has 0 aliphatic carbocycles. The van der Waals surface area contributed by atoms with Crippen molar-refractivity contribution in [2.24, 2.45) is 0 Å². The number of nitriles is 2. The standard InChI is InChI=1S/C24H21N3O2/c1-17(24(28)11-4-18-3-2-12-27-16-18)29-23-9-7-19(8-10-23)20-5-6-21(14-25)22(13-20)15-26/h2-3,5-10,12-13,16-17,24,28H,4,11H2,1H3. The van der Waals surface area contributed by atoms with Crippen molar-refractivity contribution in [3.63, 3.8) is 0 Å². The summed E-state index contributed by atoms with van der Waals surface area (Å²) in [5.41, 5.74) is 3.59. The monoisotopic (exact) mass is 383 g/mol. The van der Waals surface area contributed by atoms with Crippen LogP contribution < -0.4 is 4.74 Å². The number of nitrogens with zero attached hydrogens (tertiary/aromatic N) is 3. The predicted molar refractivity (Wildman–Crippen MR) is 110 cm³/mol. The van der Waals surface area contributed by atoms with Crippen molar-refractivity contribution in [2.45, 2.75) is 32.0 Å². The van der Waals surface area contributed by atoms with Crippen molar-refractivity contribution in [1.29, 1.82) is 10.5 Å². The van der Waals surface area contributed by atoms with Crippen LogP contribution in [-0.4, -0.2) is 22.3 Å². The Morgan fingerprint density at radius 2 is 1.72 bits per heavy atom.